The molecule has 2 N–H and O–H groups in total. The summed E-state index contributed by atoms with van der Waals surface area (Å²) in [6.45, 7) is 3.47. The Bertz CT molecular complexity index is 121. The van der Waals surface area contributed by atoms with Gasteiger partial charge in [-0.1, -0.05) is 12.8 Å². The highest BCUT2D eigenvalue weighted by Crippen LogP contribution is 2.29. The van der Waals surface area contributed by atoms with Gasteiger partial charge in [-0.15, -0.1) is 0 Å². The van der Waals surface area contributed by atoms with Crippen molar-refractivity contribution in [3.05, 3.63) is 0 Å². The highest BCUT2D eigenvalue weighted by Gasteiger charge is 2.22. The van der Waals surface area contributed by atoms with Crippen LogP contribution in [0.5, 0.6) is 0 Å². The Morgan fingerprint density at radius 1 is 1.15 bits per heavy atom. The summed E-state index contributed by atoms with van der Waals surface area (Å²) in [5.74, 6) is 1.04. The molecule has 0 spiro atoms. The van der Waals surface area contributed by atoms with Crippen LogP contribution in [0.4, 0.5) is 0 Å². The summed E-state index contributed by atoms with van der Waals surface area (Å²) in [6.07, 6.45) is 8.16. The molecule has 0 radical (unpaired) electrons. The van der Waals surface area contributed by atoms with E-state index < -0.39 is 0 Å². The van der Waals surface area contributed by atoms with E-state index in [0.29, 0.717) is 0 Å². The van der Waals surface area contributed by atoms with Crippen LogP contribution in [0.2, 0.25) is 0 Å². The van der Waals surface area contributed by atoms with Crippen molar-refractivity contribution in [3.8, 4) is 0 Å². The van der Waals surface area contributed by atoms with Crippen LogP contribution >= 0.6 is 0 Å². The Labute approximate surface area is 82.5 Å². The van der Waals surface area contributed by atoms with E-state index in [1.807, 2.05) is 0 Å². The lowest BCUT2D eigenvalue weighted by molar-refractivity contribution is 0.311. The Kier molecular flexibility index (Phi) is 5.40. The number of rotatable bonds is 8. The zero-order valence-corrected chi connectivity index (χ0v) is 8.97. The second-order valence-corrected chi connectivity index (χ2v) is 4.41. The number of nitrogens with zero attached hydrogens (tertiary/aromatic N) is 1. The minimum Gasteiger partial charge on any atom is -0.330 e. The number of hydrogen-bond acceptors (Lipinski definition) is 2. The molecule has 0 atom stereocenters. The van der Waals surface area contributed by atoms with Gasteiger partial charge in [0.05, 0.1) is 0 Å². The van der Waals surface area contributed by atoms with Gasteiger partial charge in [0.2, 0.25) is 0 Å². The van der Waals surface area contributed by atoms with Crippen LogP contribution in [0.1, 0.15) is 38.5 Å². The van der Waals surface area contributed by atoms with Crippen molar-refractivity contribution in [2.24, 2.45) is 11.7 Å². The third kappa shape index (κ3) is 6.05. The van der Waals surface area contributed by atoms with Crippen molar-refractivity contribution in [2.45, 2.75) is 38.5 Å². The van der Waals surface area contributed by atoms with Crippen LogP contribution in [0.15, 0.2) is 0 Å². The van der Waals surface area contributed by atoms with Gasteiger partial charge >= 0.3 is 0 Å². The van der Waals surface area contributed by atoms with E-state index in [-0.39, 0.29) is 0 Å². The maximum Gasteiger partial charge on any atom is 0.000661 e. The molecule has 0 aliphatic heterocycles. The monoisotopic (exact) mass is 184 g/mol. The summed E-state index contributed by atoms with van der Waals surface area (Å²) >= 11 is 0. The molecule has 0 aromatic heterocycles. The van der Waals surface area contributed by atoms with Gasteiger partial charge in [-0.25, -0.2) is 0 Å². The number of hydrogen-bond donors (Lipinski definition) is 1. The third-order valence-electron chi connectivity index (χ3n) is 2.76. The molecule has 0 heterocycles. The van der Waals surface area contributed by atoms with E-state index in [1.165, 1.54) is 51.6 Å². The molecule has 0 aromatic rings. The summed E-state index contributed by atoms with van der Waals surface area (Å²) in [7, 11) is 2.25. The molecule has 0 saturated heterocycles. The van der Waals surface area contributed by atoms with Gasteiger partial charge in [-0.2, -0.15) is 0 Å². The van der Waals surface area contributed by atoms with Crippen molar-refractivity contribution in [1.29, 1.82) is 0 Å². The summed E-state index contributed by atoms with van der Waals surface area (Å²) in [6, 6.07) is 0. The van der Waals surface area contributed by atoms with Gasteiger partial charge in [0.15, 0.2) is 0 Å². The summed E-state index contributed by atoms with van der Waals surface area (Å²) < 4.78 is 0. The molecule has 0 aromatic carbocycles. The second kappa shape index (κ2) is 6.39. The fraction of sp³-hybridized carbons (Fsp3) is 1.00. The Morgan fingerprint density at radius 2 is 1.85 bits per heavy atom. The van der Waals surface area contributed by atoms with E-state index in [4.69, 9.17) is 5.73 Å². The maximum atomic E-state index is 5.43. The average molecular weight is 184 g/mol. The zero-order valence-electron chi connectivity index (χ0n) is 8.97. The second-order valence-electron chi connectivity index (χ2n) is 4.41. The Balaban J connectivity index is 1.80. The molecular weight excluding hydrogens is 160 g/mol. The van der Waals surface area contributed by atoms with Gasteiger partial charge < -0.3 is 10.6 Å². The van der Waals surface area contributed by atoms with Crippen LogP contribution < -0.4 is 5.73 Å². The van der Waals surface area contributed by atoms with Crippen LogP contribution in [-0.4, -0.2) is 31.6 Å². The van der Waals surface area contributed by atoms with Crippen molar-refractivity contribution >= 4 is 0 Å². The SMILES string of the molecule is CN(CCCCCCN)CC1CC1. The van der Waals surface area contributed by atoms with Gasteiger partial charge in [0.1, 0.15) is 0 Å². The highest BCUT2D eigenvalue weighted by molar-refractivity contribution is 4.75. The summed E-state index contributed by atoms with van der Waals surface area (Å²) in [4.78, 5) is 2.49. The van der Waals surface area contributed by atoms with Gasteiger partial charge in [0, 0.05) is 6.54 Å². The van der Waals surface area contributed by atoms with Crippen LogP contribution in [0.25, 0.3) is 0 Å². The van der Waals surface area contributed by atoms with Crippen LogP contribution in [0.3, 0.4) is 0 Å². The summed E-state index contributed by atoms with van der Waals surface area (Å²) in [5.41, 5.74) is 5.43. The fourth-order valence-electron chi connectivity index (χ4n) is 1.71. The molecule has 1 fully saturated rings. The van der Waals surface area contributed by atoms with Crippen LogP contribution in [-0.2, 0) is 0 Å². The minimum absolute atomic E-state index is 0.859. The molecule has 0 amide bonds. The summed E-state index contributed by atoms with van der Waals surface area (Å²) in [5, 5.41) is 0. The van der Waals surface area contributed by atoms with Crippen molar-refractivity contribution in [3.63, 3.8) is 0 Å². The molecule has 1 saturated carbocycles. The van der Waals surface area contributed by atoms with Gasteiger partial charge in [-0.3, -0.25) is 0 Å². The molecule has 78 valence electrons. The van der Waals surface area contributed by atoms with E-state index >= 15 is 0 Å². The topological polar surface area (TPSA) is 29.3 Å². The fourth-order valence-corrected chi connectivity index (χ4v) is 1.71. The molecule has 13 heavy (non-hydrogen) atoms. The lowest BCUT2D eigenvalue weighted by Crippen LogP contribution is -2.22. The van der Waals surface area contributed by atoms with Crippen molar-refractivity contribution in [2.75, 3.05) is 26.7 Å². The van der Waals surface area contributed by atoms with Gasteiger partial charge in [-0.05, 0) is 51.7 Å². The number of nitrogens with two attached hydrogens (primary N) is 1. The first-order valence-electron chi connectivity index (χ1n) is 5.71. The lowest BCUT2D eigenvalue weighted by atomic mass is 10.2. The smallest absolute Gasteiger partial charge is 0.000661 e. The normalized spacial score (nSPS) is 16.8. The Morgan fingerprint density at radius 3 is 2.46 bits per heavy atom. The first-order chi connectivity index (χ1) is 6.33. The Hall–Kier alpha value is -0.0800. The molecule has 2 nitrogen and oxygen atoms in total. The van der Waals surface area contributed by atoms with Crippen molar-refractivity contribution in [1.82, 2.24) is 4.90 Å². The predicted molar refractivity (Wildman–Crippen MR) is 57.7 cm³/mol. The molecular formula is C11H24N2. The van der Waals surface area contributed by atoms with Gasteiger partial charge in [0.25, 0.3) is 0 Å². The lowest BCUT2D eigenvalue weighted by Gasteiger charge is -2.15. The standard InChI is InChI=1S/C11H24N2/c1-13(10-11-6-7-11)9-5-3-2-4-8-12/h11H,2-10,12H2,1H3. The van der Waals surface area contributed by atoms with E-state index in [1.54, 1.807) is 0 Å². The van der Waals surface area contributed by atoms with E-state index in [2.05, 4.69) is 11.9 Å². The largest absolute Gasteiger partial charge is 0.330 e. The maximum absolute atomic E-state index is 5.43. The quantitative estimate of drug-likeness (QED) is 0.583. The predicted octanol–water partition coefficient (Wildman–Crippen LogP) is 1.85. The molecule has 1 aliphatic rings. The van der Waals surface area contributed by atoms with Crippen LogP contribution in [0, 0.1) is 5.92 Å². The third-order valence-corrected chi connectivity index (χ3v) is 2.76. The first kappa shape index (κ1) is 11.0. The molecule has 2 heteroatoms. The molecule has 0 bridgehead atoms. The van der Waals surface area contributed by atoms with E-state index in [0.717, 1.165) is 12.5 Å². The molecule has 1 aliphatic carbocycles. The molecule has 1 rings (SSSR count). The van der Waals surface area contributed by atoms with Crippen molar-refractivity contribution < 1.29 is 0 Å². The minimum atomic E-state index is 0.859. The highest BCUT2D eigenvalue weighted by atomic mass is 15.1. The number of unbranched alkanes of at least 4 members (excludes halogenated alkanes) is 3. The average Bonchev–Trinajstić information content (AvgIpc) is 2.88. The first-order valence-corrected chi connectivity index (χ1v) is 5.71. The van der Waals surface area contributed by atoms with E-state index in [9.17, 15) is 0 Å². The zero-order chi connectivity index (χ0) is 9.52. The molecule has 0 unspecified atom stereocenters.